The van der Waals surface area contributed by atoms with Crippen molar-refractivity contribution >= 4 is 0 Å². The van der Waals surface area contributed by atoms with Gasteiger partial charge in [0, 0.05) is 0 Å². The lowest BCUT2D eigenvalue weighted by Crippen LogP contribution is -2.11. The van der Waals surface area contributed by atoms with Gasteiger partial charge in [0.2, 0.25) is 0 Å². The van der Waals surface area contributed by atoms with Crippen LogP contribution in [0.1, 0.15) is 35.6 Å². The SMILES string of the molecule is CCc1ccc(CC(O)CCc2cccc(C)c2)cc1. The van der Waals surface area contributed by atoms with Crippen molar-refractivity contribution in [3.05, 3.63) is 70.8 Å². The fourth-order valence-electron chi connectivity index (χ4n) is 2.49. The van der Waals surface area contributed by atoms with E-state index in [-0.39, 0.29) is 6.10 Å². The van der Waals surface area contributed by atoms with Crippen LogP contribution in [0.15, 0.2) is 48.5 Å². The topological polar surface area (TPSA) is 20.2 Å². The lowest BCUT2D eigenvalue weighted by Gasteiger charge is -2.11. The van der Waals surface area contributed by atoms with E-state index < -0.39 is 0 Å². The second kappa shape index (κ2) is 7.25. The Bertz CT molecular complexity index is 528. The number of hydrogen-bond donors (Lipinski definition) is 1. The minimum absolute atomic E-state index is 0.261. The number of rotatable bonds is 6. The number of aliphatic hydroxyl groups excluding tert-OH is 1. The van der Waals surface area contributed by atoms with Crippen molar-refractivity contribution in [3.8, 4) is 0 Å². The molecule has 0 bridgehead atoms. The Kier molecular flexibility index (Phi) is 5.37. The normalized spacial score (nSPS) is 12.3. The smallest absolute Gasteiger partial charge is 0.0583 e. The van der Waals surface area contributed by atoms with Crippen LogP contribution in [0.25, 0.3) is 0 Å². The van der Waals surface area contributed by atoms with Crippen molar-refractivity contribution in [1.29, 1.82) is 0 Å². The monoisotopic (exact) mass is 268 g/mol. The van der Waals surface area contributed by atoms with Gasteiger partial charge in [-0.2, -0.15) is 0 Å². The maximum absolute atomic E-state index is 10.2. The van der Waals surface area contributed by atoms with Crippen LogP contribution in [0, 0.1) is 6.92 Å². The van der Waals surface area contributed by atoms with E-state index in [4.69, 9.17) is 0 Å². The lowest BCUT2D eigenvalue weighted by atomic mass is 9.99. The Hall–Kier alpha value is -1.60. The Labute approximate surface area is 122 Å². The van der Waals surface area contributed by atoms with Gasteiger partial charge in [-0.15, -0.1) is 0 Å². The van der Waals surface area contributed by atoms with Crippen LogP contribution in [-0.4, -0.2) is 11.2 Å². The van der Waals surface area contributed by atoms with E-state index >= 15 is 0 Å². The molecule has 1 unspecified atom stereocenters. The summed E-state index contributed by atoms with van der Waals surface area (Å²) in [5.74, 6) is 0. The first kappa shape index (κ1) is 14.8. The van der Waals surface area contributed by atoms with Gasteiger partial charge in [-0.25, -0.2) is 0 Å². The highest BCUT2D eigenvalue weighted by Crippen LogP contribution is 2.12. The zero-order valence-electron chi connectivity index (χ0n) is 12.5. The van der Waals surface area contributed by atoms with Crippen molar-refractivity contribution in [1.82, 2.24) is 0 Å². The van der Waals surface area contributed by atoms with E-state index in [2.05, 4.69) is 62.4 Å². The molecule has 0 amide bonds. The zero-order chi connectivity index (χ0) is 14.4. The second-order valence-electron chi connectivity index (χ2n) is 5.56. The molecule has 106 valence electrons. The fraction of sp³-hybridized carbons (Fsp3) is 0.368. The second-order valence-corrected chi connectivity index (χ2v) is 5.56. The number of benzene rings is 2. The summed E-state index contributed by atoms with van der Waals surface area (Å²) in [4.78, 5) is 0. The van der Waals surface area contributed by atoms with E-state index in [0.717, 1.165) is 25.7 Å². The predicted molar refractivity (Wildman–Crippen MR) is 85.0 cm³/mol. The molecule has 0 spiro atoms. The van der Waals surface area contributed by atoms with Crippen LogP contribution in [0.4, 0.5) is 0 Å². The summed E-state index contributed by atoms with van der Waals surface area (Å²) < 4.78 is 0. The van der Waals surface area contributed by atoms with Gasteiger partial charge >= 0.3 is 0 Å². The van der Waals surface area contributed by atoms with Gasteiger partial charge in [-0.3, -0.25) is 0 Å². The quantitative estimate of drug-likeness (QED) is 0.836. The third-order valence-electron chi connectivity index (χ3n) is 3.75. The molecule has 1 atom stereocenters. The molecular formula is C19H24O. The Balaban J connectivity index is 1.84. The third-order valence-corrected chi connectivity index (χ3v) is 3.75. The molecule has 0 heterocycles. The summed E-state index contributed by atoms with van der Waals surface area (Å²) in [5.41, 5.74) is 5.17. The molecule has 20 heavy (non-hydrogen) atoms. The molecule has 0 fully saturated rings. The molecule has 0 saturated carbocycles. The van der Waals surface area contributed by atoms with E-state index in [9.17, 15) is 5.11 Å². The molecule has 1 nitrogen and oxygen atoms in total. The molecule has 1 N–H and O–H groups in total. The number of aryl methyl sites for hydroxylation is 3. The number of aliphatic hydroxyl groups is 1. The Morgan fingerprint density at radius 3 is 2.30 bits per heavy atom. The minimum Gasteiger partial charge on any atom is -0.393 e. The highest BCUT2D eigenvalue weighted by atomic mass is 16.3. The molecule has 2 aromatic carbocycles. The fourth-order valence-corrected chi connectivity index (χ4v) is 2.49. The van der Waals surface area contributed by atoms with Crippen molar-refractivity contribution < 1.29 is 5.11 Å². The summed E-state index contributed by atoms with van der Waals surface area (Å²) in [7, 11) is 0. The van der Waals surface area contributed by atoms with Gasteiger partial charge in [-0.1, -0.05) is 61.0 Å². The Morgan fingerprint density at radius 2 is 1.65 bits per heavy atom. The first-order valence-electron chi connectivity index (χ1n) is 7.49. The summed E-state index contributed by atoms with van der Waals surface area (Å²) in [6.45, 7) is 4.26. The van der Waals surface area contributed by atoms with Crippen molar-refractivity contribution in [2.45, 2.75) is 45.6 Å². The van der Waals surface area contributed by atoms with Crippen LogP contribution in [0.3, 0.4) is 0 Å². The van der Waals surface area contributed by atoms with Crippen LogP contribution in [0.5, 0.6) is 0 Å². The van der Waals surface area contributed by atoms with Crippen LogP contribution in [-0.2, 0) is 19.3 Å². The number of hydrogen-bond acceptors (Lipinski definition) is 1. The van der Waals surface area contributed by atoms with Gasteiger partial charge in [0.05, 0.1) is 6.10 Å². The summed E-state index contributed by atoms with van der Waals surface area (Å²) in [5, 5.41) is 10.2. The van der Waals surface area contributed by atoms with E-state index in [0.29, 0.717) is 0 Å². The first-order chi connectivity index (χ1) is 9.67. The average molecular weight is 268 g/mol. The van der Waals surface area contributed by atoms with Crippen molar-refractivity contribution in [2.24, 2.45) is 0 Å². The van der Waals surface area contributed by atoms with Crippen molar-refractivity contribution in [2.75, 3.05) is 0 Å². The Morgan fingerprint density at radius 1 is 0.950 bits per heavy atom. The zero-order valence-corrected chi connectivity index (χ0v) is 12.5. The molecule has 0 aromatic heterocycles. The molecule has 0 aliphatic carbocycles. The highest BCUT2D eigenvalue weighted by Gasteiger charge is 2.06. The van der Waals surface area contributed by atoms with E-state index in [1.54, 1.807) is 0 Å². The van der Waals surface area contributed by atoms with Crippen LogP contribution in [0.2, 0.25) is 0 Å². The average Bonchev–Trinajstić information content (AvgIpc) is 2.46. The molecule has 0 radical (unpaired) electrons. The largest absolute Gasteiger partial charge is 0.393 e. The molecule has 1 heteroatoms. The highest BCUT2D eigenvalue weighted by molar-refractivity contribution is 5.24. The van der Waals surface area contributed by atoms with Gasteiger partial charge in [-0.05, 0) is 49.3 Å². The van der Waals surface area contributed by atoms with E-state index in [1.165, 1.54) is 22.3 Å². The summed E-state index contributed by atoms with van der Waals surface area (Å²) in [6.07, 6.45) is 3.31. The first-order valence-corrected chi connectivity index (χ1v) is 7.49. The molecule has 2 rings (SSSR count). The van der Waals surface area contributed by atoms with Crippen LogP contribution >= 0.6 is 0 Å². The summed E-state index contributed by atoms with van der Waals surface area (Å²) in [6, 6.07) is 17.1. The standard InChI is InChI=1S/C19H24O/c1-3-16-7-9-18(10-8-16)14-19(20)12-11-17-6-4-5-15(2)13-17/h4-10,13,19-20H,3,11-12,14H2,1-2H3. The van der Waals surface area contributed by atoms with Gasteiger partial charge < -0.3 is 5.11 Å². The van der Waals surface area contributed by atoms with Crippen LogP contribution < -0.4 is 0 Å². The maximum atomic E-state index is 10.2. The molecule has 0 aliphatic rings. The van der Waals surface area contributed by atoms with Crippen molar-refractivity contribution in [3.63, 3.8) is 0 Å². The van der Waals surface area contributed by atoms with Gasteiger partial charge in [0.15, 0.2) is 0 Å². The molecule has 0 aliphatic heterocycles. The molecule has 0 saturated heterocycles. The third kappa shape index (κ3) is 4.50. The van der Waals surface area contributed by atoms with Gasteiger partial charge in [0.1, 0.15) is 0 Å². The predicted octanol–water partition coefficient (Wildman–Crippen LogP) is 4.09. The lowest BCUT2D eigenvalue weighted by molar-refractivity contribution is 0.165. The summed E-state index contributed by atoms with van der Waals surface area (Å²) >= 11 is 0. The minimum atomic E-state index is -0.261. The maximum Gasteiger partial charge on any atom is 0.0583 e. The van der Waals surface area contributed by atoms with Gasteiger partial charge in [0.25, 0.3) is 0 Å². The van der Waals surface area contributed by atoms with E-state index in [1.807, 2.05) is 0 Å². The molecule has 2 aromatic rings. The molecular weight excluding hydrogens is 244 g/mol.